The summed E-state index contributed by atoms with van der Waals surface area (Å²) in [4.78, 5) is 0.178. The van der Waals surface area contributed by atoms with E-state index in [2.05, 4.69) is 9.82 Å². The van der Waals surface area contributed by atoms with E-state index in [1.807, 2.05) is 0 Å². The van der Waals surface area contributed by atoms with Crippen LogP contribution in [0, 0.1) is 20.8 Å². The van der Waals surface area contributed by atoms with Crippen LogP contribution in [0.5, 0.6) is 0 Å². The fourth-order valence-electron chi connectivity index (χ4n) is 2.15. The number of halogens is 1. The van der Waals surface area contributed by atoms with E-state index in [0.717, 1.165) is 0 Å². The zero-order valence-corrected chi connectivity index (χ0v) is 13.8. The Morgan fingerprint density at radius 2 is 1.90 bits per heavy atom. The average molecular weight is 329 g/mol. The number of nitrogens with two attached hydrogens (primary N) is 1. The molecule has 0 bridgehead atoms. The molecular weight excluding hydrogens is 312 g/mol. The first kappa shape index (κ1) is 15.7. The second-order valence-electron chi connectivity index (χ2n) is 4.92. The number of benzene rings is 1. The molecule has 0 atom stereocenters. The predicted molar refractivity (Wildman–Crippen MR) is 84.1 cm³/mol. The minimum atomic E-state index is -3.74. The lowest BCUT2D eigenvalue weighted by molar-refractivity contribution is 0.599. The first-order chi connectivity index (χ1) is 9.63. The highest BCUT2D eigenvalue weighted by Crippen LogP contribution is 2.29. The van der Waals surface area contributed by atoms with Crippen molar-refractivity contribution >= 4 is 33.0 Å². The van der Waals surface area contributed by atoms with Crippen LogP contribution in [0.25, 0.3) is 0 Å². The van der Waals surface area contributed by atoms with E-state index in [1.54, 1.807) is 33.9 Å². The van der Waals surface area contributed by atoms with Crippen LogP contribution < -0.4 is 10.5 Å². The lowest BCUT2D eigenvalue weighted by atomic mass is 10.2. The summed E-state index contributed by atoms with van der Waals surface area (Å²) < 4.78 is 29.2. The van der Waals surface area contributed by atoms with Crippen molar-refractivity contribution in [1.29, 1.82) is 0 Å². The maximum absolute atomic E-state index is 12.6. The normalized spacial score (nSPS) is 11.7. The molecule has 0 aliphatic heterocycles. The zero-order chi connectivity index (χ0) is 15.9. The molecule has 0 saturated heterocycles. The van der Waals surface area contributed by atoms with Gasteiger partial charge in [0, 0.05) is 7.05 Å². The van der Waals surface area contributed by atoms with Gasteiger partial charge in [0.05, 0.1) is 27.8 Å². The van der Waals surface area contributed by atoms with Gasteiger partial charge in [-0.2, -0.15) is 5.10 Å². The van der Waals surface area contributed by atoms with Crippen LogP contribution in [0.2, 0.25) is 5.02 Å². The zero-order valence-electron chi connectivity index (χ0n) is 12.2. The Hall–Kier alpha value is -1.73. The minimum Gasteiger partial charge on any atom is -0.398 e. The van der Waals surface area contributed by atoms with Crippen LogP contribution in [0.3, 0.4) is 0 Å². The van der Waals surface area contributed by atoms with Crippen LogP contribution in [-0.2, 0) is 17.1 Å². The quantitative estimate of drug-likeness (QED) is 0.846. The maximum atomic E-state index is 12.6. The molecule has 114 valence electrons. The first-order valence-electron chi connectivity index (χ1n) is 6.22. The highest BCUT2D eigenvalue weighted by atomic mass is 35.5. The molecule has 0 fully saturated rings. The molecule has 0 aliphatic carbocycles. The van der Waals surface area contributed by atoms with Crippen molar-refractivity contribution in [2.75, 3.05) is 10.5 Å². The number of nitrogen functional groups attached to an aromatic ring is 1. The van der Waals surface area contributed by atoms with Crippen LogP contribution >= 0.6 is 11.6 Å². The molecule has 0 spiro atoms. The molecule has 2 rings (SSSR count). The molecule has 1 aromatic carbocycles. The Labute approximate surface area is 129 Å². The van der Waals surface area contributed by atoms with Gasteiger partial charge in [0.15, 0.2) is 0 Å². The van der Waals surface area contributed by atoms with Crippen molar-refractivity contribution in [2.24, 2.45) is 7.05 Å². The van der Waals surface area contributed by atoms with Crippen molar-refractivity contribution in [3.63, 3.8) is 0 Å². The Kier molecular flexibility index (Phi) is 3.90. The van der Waals surface area contributed by atoms with Gasteiger partial charge >= 0.3 is 0 Å². The van der Waals surface area contributed by atoms with Gasteiger partial charge in [-0.05, 0) is 38.5 Å². The van der Waals surface area contributed by atoms with Crippen molar-refractivity contribution in [2.45, 2.75) is 25.7 Å². The van der Waals surface area contributed by atoms with Gasteiger partial charge in [-0.3, -0.25) is 9.40 Å². The third-order valence-electron chi connectivity index (χ3n) is 3.30. The number of anilines is 2. The van der Waals surface area contributed by atoms with Gasteiger partial charge in [0.1, 0.15) is 4.90 Å². The first-order valence-corrected chi connectivity index (χ1v) is 8.08. The molecule has 2 aromatic rings. The molecule has 1 aromatic heterocycles. The Morgan fingerprint density at radius 1 is 1.29 bits per heavy atom. The summed E-state index contributed by atoms with van der Waals surface area (Å²) in [6, 6.07) is 3.13. The van der Waals surface area contributed by atoms with E-state index in [-0.39, 0.29) is 4.90 Å². The number of rotatable bonds is 3. The fourth-order valence-corrected chi connectivity index (χ4v) is 3.88. The highest BCUT2D eigenvalue weighted by molar-refractivity contribution is 7.92. The number of sulfonamides is 1. The number of aromatic nitrogens is 2. The van der Waals surface area contributed by atoms with Crippen molar-refractivity contribution in [3.05, 3.63) is 34.1 Å². The van der Waals surface area contributed by atoms with E-state index < -0.39 is 10.0 Å². The van der Waals surface area contributed by atoms with Gasteiger partial charge in [-0.25, -0.2) is 8.42 Å². The molecule has 0 amide bonds. The standard InChI is InChI=1S/C13H17ClN4O2S/c1-7-5-11(15)10(14)6-12(7)17-21(19,20)13-8(2)16-18(4)9(13)3/h5-6,17H,15H2,1-4H3. The number of hydrogen-bond acceptors (Lipinski definition) is 4. The summed E-state index contributed by atoms with van der Waals surface area (Å²) in [7, 11) is -2.04. The third-order valence-corrected chi connectivity index (χ3v) is 5.24. The number of hydrogen-bond donors (Lipinski definition) is 2. The van der Waals surface area contributed by atoms with Crippen LogP contribution in [0.4, 0.5) is 11.4 Å². The third kappa shape index (κ3) is 2.84. The molecule has 0 aliphatic rings. The van der Waals surface area contributed by atoms with Gasteiger partial charge in [-0.15, -0.1) is 0 Å². The highest BCUT2D eigenvalue weighted by Gasteiger charge is 2.24. The molecule has 8 heteroatoms. The maximum Gasteiger partial charge on any atom is 0.265 e. The molecular formula is C13H17ClN4O2S. The SMILES string of the molecule is Cc1cc(N)c(Cl)cc1NS(=O)(=O)c1c(C)nn(C)c1C. The van der Waals surface area contributed by atoms with Crippen LogP contribution in [-0.4, -0.2) is 18.2 Å². The monoisotopic (exact) mass is 328 g/mol. The summed E-state index contributed by atoms with van der Waals surface area (Å²) in [6.45, 7) is 5.12. The fraction of sp³-hybridized carbons (Fsp3) is 0.308. The Balaban J connectivity index is 2.50. The summed E-state index contributed by atoms with van der Waals surface area (Å²) >= 11 is 5.95. The number of nitrogens with one attached hydrogen (secondary N) is 1. The van der Waals surface area contributed by atoms with E-state index >= 15 is 0 Å². The van der Waals surface area contributed by atoms with Gasteiger partial charge < -0.3 is 5.73 Å². The molecule has 0 unspecified atom stereocenters. The average Bonchev–Trinajstić information content (AvgIpc) is 2.60. The van der Waals surface area contributed by atoms with E-state index in [4.69, 9.17) is 17.3 Å². The number of nitrogens with zero attached hydrogens (tertiary/aromatic N) is 2. The lowest BCUT2D eigenvalue weighted by Crippen LogP contribution is -2.15. The molecule has 0 radical (unpaired) electrons. The summed E-state index contributed by atoms with van der Waals surface area (Å²) in [5.41, 5.74) is 8.21. The molecule has 3 N–H and O–H groups in total. The molecule has 6 nitrogen and oxygen atoms in total. The van der Waals surface area contributed by atoms with Crippen molar-refractivity contribution in [1.82, 2.24) is 9.78 Å². The van der Waals surface area contributed by atoms with Gasteiger partial charge in [-0.1, -0.05) is 11.6 Å². The lowest BCUT2D eigenvalue weighted by Gasteiger charge is -2.12. The second-order valence-corrected chi connectivity index (χ2v) is 6.94. The topological polar surface area (TPSA) is 90.0 Å². The van der Waals surface area contributed by atoms with Gasteiger partial charge in [0.2, 0.25) is 0 Å². The van der Waals surface area contributed by atoms with Crippen molar-refractivity contribution in [3.8, 4) is 0 Å². The molecule has 0 saturated carbocycles. The minimum absolute atomic E-state index is 0.178. The summed E-state index contributed by atoms with van der Waals surface area (Å²) in [5, 5.41) is 4.43. The van der Waals surface area contributed by atoms with Crippen LogP contribution in [0.1, 0.15) is 17.0 Å². The summed E-state index contributed by atoms with van der Waals surface area (Å²) in [6.07, 6.45) is 0. The van der Waals surface area contributed by atoms with E-state index in [1.165, 1.54) is 10.7 Å². The largest absolute Gasteiger partial charge is 0.398 e. The second kappa shape index (κ2) is 5.23. The van der Waals surface area contributed by atoms with E-state index in [9.17, 15) is 8.42 Å². The predicted octanol–water partition coefficient (Wildman–Crippen LogP) is 2.38. The number of aryl methyl sites for hydroxylation is 3. The smallest absolute Gasteiger partial charge is 0.265 e. The van der Waals surface area contributed by atoms with Crippen molar-refractivity contribution < 1.29 is 8.42 Å². The Bertz CT molecular complexity index is 812. The van der Waals surface area contributed by atoms with Crippen LogP contribution in [0.15, 0.2) is 17.0 Å². The summed E-state index contributed by atoms with van der Waals surface area (Å²) in [5.74, 6) is 0. The molecule has 1 heterocycles. The molecule has 21 heavy (non-hydrogen) atoms. The van der Waals surface area contributed by atoms with E-state index in [0.29, 0.717) is 33.3 Å². The Morgan fingerprint density at radius 3 is 2.43 bits per heavy atom. The van der Waals surface area contributed by atoms with Gasteiger partial charge in [0.25, 0.3) is 10.0 Å².